The summed E-state index contributed by atoms with van der Waals surface area (Å²) in [5.74, 6) is 2.57. The predicted octanol–water partition coefficient (Wildman–Crippen LogP) is 4.94. The number of dihydropyridines is 1. The maximum atomic E-state index is 10.3. The molecule has 1 aromatic carbocycles. The summed E-state index contributed by atoms with van der Waals surface area (Å²) in [5.41, 5.74) is 4.55. The SMILES string of the molecule is C/C=C1\Oc2ccc(O)c(OC)c2C2C=CC3=C(C(C)=CC(C)(C)N3)C1C2. The molecule has 2 aliphatic heterocycles. The van der Waals surface area contributed by atoms with Gasteiger partial charge in [-0.2, -0.15) is 0 Å². The Hall–Kier alpha value is -2.62. The number of nitrogens with one attached hydrogen (secondary N) is 1. The van der Waals surface area contributed by atoms with E-state index in [4.69, 9.17) is 9.47 Å². The van der Waals surface area contributed by atoms with Crippen LogP contribution < -0.4 is 14.8 Å². The molecule has 2 N–H and O–H groups in total. The van der Waals surface area contributed by atoms with Crippen LogP contribution in [0.3, 0.4) is 0 Å². The van der Waals surface area contributed by atoms with Crippen LogP contribution >= 0.6 is 0 Å². The summed E-state index contributed by atoms with van der Waals surface area (Å²) in [6.45, 7) is 8.57. The summed E-state index contributed by atoms with van der Waals surface area (Å²) >= 11 is 0. The zero-order chi connectivity index (χ0) is 19.3. The minimum Gasteiger partial charge on any atom is -0.504 e. The highest BCUT2D eigenvalue weighted by Gasteiger charge is 2.38. The number of aromatic hydroxyl groups is 1. The average Bonchev–Trinajstić information content (AvgIpc) is 2.88. The van der Waals surface area contributed by atoms with Gasteiger partial charge in [-0.05, 0) is 69.5 Å². The van der Waals surface area contributed by atoms with Gasteiger partial charge < -0.3 is 19.9 Å². The van der Waals surface area contributed by atoms with Crippen molar-refractivity contribution in [2.45, 2.75) is 45.6 Å². The number of benzene rings is 1. The molecule has 4 heteroatoms. The highest BCUT2D eigenvalue weighted by atomic mass is 16.5. The third kappa shape index (κ3) is 2.84. The molecular weight excluding hydrogens is 338 g/mol. The van der Waals surface area contributed by atoms with E-state index < -0.39 is 0 Å². The van der Waals surface area contributed by atoms with E-state index in [1.54, 1.807) is 13.2 Å². The van der Waals surface area contributed by atoms with Gasteiger partial charge in [0.25, 0.3) is 0 Å². The molecule has 4 rings (SSSR count). The first-order valence-electron chi connectivity index (χ1n) is 9.49. The van der Waals surface area contributed by atoms with Gasteiger partial charge in [0.2, 0.25) is 0 Å². The van der Waals surface area contributed by atoms with Gasteiger partial charge in [0.15, 0.2) is 11.5 Å². The molecule has 0 saturated heterocycles. The molecular formula is C23H27NO3. The molecule has 0 saturated carbocycles. The van der Waals surface area contributed by atoms with Crippen LogP contribution in [0.2, 0.25) is 0 Å². The zero-order valence-corrected chi connectivity index (χ0v) is 16.6. The number of allylic oxidation sites excluding steroid dienone is 5. The second-order valence-corrected chi connectivity index (χ2v) is 8.08. The first kappa shape index (κ1) is 17.8. The molecule has 0 amide bonds. The lowest BCUT2D eigenvalue weighted by atomic mass is 9.80. The second kappa shape index (κ2) is 6.22. The zero-order valence-electron chi connectivity index (χ0n) is 16.6. The van der Waals surface area contributed by atoms with Crippen LogP contribution in [0.15, 0.2) is 59.0 Å². The molecule has 142 valence electrons. The first-order chi connectivity index (χ1) is 12.8. The average molecular weight is 365 g/mol. The smallest absolute Gasteiger partial charge is 0.167 e. The monoisotopic (exact) mass is 365 g/mol. The van der Waals surface area contributed by atoms with Gasteiger partial charge in [-0.3, -0.25) is 0 Å². The summed E-state index contributed by atoms with van der Waals surface area (Å²) in [4.78, 5) is 0. The summed E-state index contributed by atoms with van der Waals surface area (Å²) in [7, 11) is 1.59. The number of hydrogen-bond acceptors (Lipinski definition) is 4. The molecule has 2 unspecified atom stereocenters. The highest BCUT2D eigenvalue weighted by Crippen LogP contribution is 2.51. The molecule has 2 bridgehead atoms. The van der Waals surface area contributed by atoms with E-state index in [2.05, 4.69) is 50.4 Å². The van der Waals surface area contributed by atoms with E-state index >= 15 is 0 Å². The Morgan fingerprint density at radius 3 is 2.81 bits per heavy atom. The lowest BCUT2D eigenvalue weighted by Gasteiger charge is -2.35. The Balaban J connectivity index is 1.92. The fourth-order valence-corrected chi connectivity index (χ4v) is 4.69. The van der Waals surface area contributed by atoms with Gasteiger partial charge in [-0.15, -0.1) is 0 Å². The number of ether oxygens (including phenoxy) is 2. The van der Waals surface area contributed by atoms with Crippen molar-refractivity contribution in [1.29, 1.82) is 0 Å². The van der Waals surface area contributed by atoms with Crippen LogP contribution in [0.1, 0.15) is 45.6 Å². The van der Waals surface area contributed by atoms with Crippen molar-refractivity contribution in [3.63, 3.8) is 0 Å². The lowest BCUT2D eigenvalue weighted by molar-refractivity contribution is 0.355. The third-order valence-corrected chi connectivity index (χ3v) is 5.65. The minimum atomic E-state index is -0.0907. The Morgan fingerprint density at radius 2 is 2.11 bits per heavy atom. The summed E-state index contributed by atoms with van der Waals surface area (Å²) < 4.78 is 11.9. The van der Waals surface area contributed by atoms with Crippen molar-refractivity contribution in [3.8, 4) is 17.2 Å². The van der Waals surface area contributed by atoms with Crippen molar-refractivity contribution in [1.82, 2.24) is 5.32 Å². The molecule has 3 aliphatic rings. The number of methoxy groups -OCH3 is 1. The van der Waals surface area contributed by atoms with E-state index in [1.807, 2.05) is 13.0 Å². The topological polar surface area (TPSA) is 50.7 Å². The molecule has 2 atom stereocenters. The Kier molecular flexibility index (Phi) is 4.10. The number of hydrogen-bond donors (Lipinski definition) is 2. The molecule has 4 nitrogen and oxygen atoms in total. The third-order valence-electron chi connectivity index (χ3n) is 5.65. The van der Waals surface area contributed by atoms with E-state index in [1.165, 1.54) is 11.1 Å². The van der Waals surface area contributed by atoms with Gasteiger partial charge in [-0.25, -0.2) is 0 Å². The van der Waals surface area contributed by atoms with Gasteiger partial charge in [0.1, 0.15) is 11.5 Å². The standard InChI is InChI=1S/C23H27NO3/c1-6-18-15-11-14(21-19(27-18)10-9-17(25)22(21)26-5)7-8-16-20(15)13(2)12-23(3,4)24-16/h6-10,12,14-15,24-25H,11H2,1-5H3/b18-6-. The Labute approximate surface area is 160 Å². The van der Waals surface area contributed by atoms with Crippen LogP contribution in [0.5, 0.6) is 17.2 Å². The maximum Gasteiger partial charge on any atom is 0.167 e. The van der Waals surface area contributed by atoms with E-state index in [0.29, 0.717) is 5.75 Å². The van der Waals surface area contributed by atoms with Crippen molar-refractivity contribution >= 4 is 0 Å². The van der Waals surface area contributed by atoms with Crippen molar-refractivity contribution in [3.05, 3.63) is 64.6 Å². The fraction of sp³-hybridized carbons (Fsp3) is 0.391. The Morgan fingerprint density at radius 1 is 1.33 bits per heavy atom. The molecule has 2 heterocycles. The highest BCUT2D eigenvalue weighted by molar-refractivity contribution is 5.60. The van der Waals surface area contributed by atoms with Crippen LogP contribution in [-0.2, 0) is 0 Å². The molecule has 0 radical (unpaired) electrons. The number of fused-ring (bicyclic) bond motifs is 5. The van der Waals surface area contributed by atoms with Crippen LogP contribution in [-0.4, -0.2) is 17.8 Å². The van der Waals surface area contributed by atoms with E-state index in [-0.39, 0.29) is 23.1 Å². The fourth-order valence-electron chi connectivity index (χ4n) is 4.69. The molecule has 27 heavy (non-hydrogen) atoms. The summed E-state index contributed by atoms with van der Waals surface area (Å²) in [5, 5.41) is 14.0. The van der Waals surface area contributed by atoms with Crippen molar-refractivity contribution < 1.29 is 14.6 Å². The first-order valence-corrected chi connectivity index (χ1v) is 9.49. The number of phenolic OH excluding ortho intramolecular Hbond substituents is 1. The predicted molar refractivity (Wildman–Crippen MR) is 107 cm³/mol. The van der Waals surface area contributed by atoms with E-state index in [0.717, 1.165) is 29.2 Å². The molecule has 0 spiro atoms. The maximum absolute atomic E-state index is 10.3. The minimum absolute atomic E-state index is 0.0906. The number of rotatable bonds is 1. The van der Waals surface area contributed by atoms with E-state index in [9.17, 15) is 5.11 Å². The van der Waals surface area contributed by atoms with Crippen LogP contribution in [0, 0.1) is 5.92 Å². The quantitative estimate of drug-likeness (QED) is 0.740. The van der Waals surface area contributed by atoms with Crippen LogP contribution in [0.4, 0.5) is 0 Å². The van der Waals surface area contributed by atoms with Gasteiger partial charge in [-0.1, -0.05) is 12.2 Å². The van der Waals surface area contributed by atoms with Crippen LogP contribution in [0.25, 0.3) is 0 Å². The Bertz CT molecular complexity index is 918. The summed E-state index contributed by atoms with van der Waals surface area (Å²) in [6, 6.07) is 3.47. The molecule has 1 aromatic rings. The largest absolute Gasteiger partial charge is 0.504 e. The van der Waals surface area contributed by atoms with Gasteiger partial charge in [0.05, 0.1) is 12.6 Å². The van der Waals surface area contributed by atoms with Gasteiger partial charge in [0, 0.05) is 23.1 Å². The lowest BCUT2D eigenvalue weighted by Crippen LogP contribution is -2.40. The number of phenols is 1. The summed E-state index contributed by atoms with van der Waals surface area (Å²) in [6.07, 6.45) is 9.61. The second-order valence-electron chi connectivity index (χ2n) is 8.08. The normalized spacial score (nSPS) is 26.9. The van der Waals surface area contributed by atoms with Crippen molar-refractivity contribution in [2.75, 3.05) is 7.11 Å². The van der Waals surface area contributed by atoms with Crippen molar-refractivity contribution in [2.24, 2.45) is 5.92 Å². The molecule has 0 aromatic heterocycles. The molecule has 1 aliphatic carbocycles. The van der Waals surface area contributed by atoms with Gasteiger partial charge >= 0.3 is 0 Å². The molecule has 0 fully saturated rings.